The molecule has 1 aromatic carbocycles. The van der Waals surface area contributed by atoms with Gasteiger partial charge in [-0.2, -0.15) is 0 Å². The number of benzene rings is 1. The van der Waals surface area contributed by atoms with E-state index in [1.807, 2.05) is 6.92 Å². The van der Waals surface area contributed by atoms with Crippen molar-refractivity contribution in [1.82, 2.24) is 10.6 Å². The van der Waals surface area contributed by atoms with Crippen molar-refractivity contribution in [1.29, 1.82) is 0 Å². The Morgan fingerprint density at radius 3 is 2.77 bits per heavy atom. The first kappa shape index (κ1) is 18.5. The third-order valence-electron chi connectivity index (χ3n) is 4.86. The lowest BCUT2D eigenvalue weighted by Crippen LogP contribution is -2.39. The fraction of sp³-hybridized carbons (Fsp3) is 0.476. The van der Waals surface area contributed by atoms with Gasteiger partial charge < -0.3 is 20.2 Å². The molecule has 3 N–H and O–H groups in total. The Morgan fingerprint density at radius 2 is 2.04 bits per heavy atom. The minimum Gasteiger partial charge on any atom is -0.467 e. The number of hydrogen-bond donors (Lipinski definition) is 3. The lowest BCUT2D eigenvalue weighted by molar-refractivity contribution is 0.158. The number of guanidine groups is 1. The van der Waals surface area contributed by atoms with E-state index in [2.05, 4.69) is 40.7 Å². The third kappa shape index (κ3) is 4.67. The molecular formula is C21H29N3O2. The zero-order valence-electron chi connectivity index (χ0n) is 15.7. The quantitative estimate of drug-likeness (QED) is 0.548. The van der Waals surface area contributed by atoms with Crippen molar-refractivity contribution in [2.24, 2.45) is 4.99 Å². The Labute approximate surface area is 155 Å². The first-order valence-corrected chi connectivity index (χ1v) is 9.55. The molecule has 0 saturated heterocycles. The summed E-state index contributed by atoms with van der Waals surface area (Å²) in [7, 11) is 0. The van der Waals surface area contributed by atoms with E-state index in [0.717, 1.165) is 6.54 Å². The van der Waals surface area contributed by atoms with E-state index in [9.17, 15) is 5.11 Å². The number of nitrogens with one attached hydrogen (secondary N) is 2. The number of nitrogens with zero attached hydrogens (tertiary/aromatic N) is 1. The normalized spacial score (nSPS) is 16.7. The third-order valence-corrected chi connectivity index (χ3v) is 4.86. The van der Waals surface area contributed by atoms with Crippen LogP contribution in [0.25, 0.3) is 0 Å². The molecule has 1 heterocycles. The van der Waals surface area contributed by atoms with E-state index in [1.54, 1.807) is 18.4 Å². The maximum Gasteiger partial charge on any atom is 0.191 e. The van der Waals surface area contributed by atoms with Gasteiger partial charge in [-0.25, -0.2) is 0 Å². The van der Waals surface area contributed by atoms with Gasteiger partial charge in [0.05, 0.1) is 18.8 Å². The number of aryl methyl sites for hydroxylation is 2. The van der Waals surface area contributed by atoms with Gasteiger partial charge in [-0.1, -0.05) is 18.2 Å². The molecule has 2 unspecified atom stereocenters. The van der Waals surface area contributed by atoms with Gasteiger partial charge in [0.1, 0.15) is 11.9 Å². The van der Waals surface area contributed by atoms with E-state index in [1.165, 1.54) is 42.4 Å². The van der Waals surface area contributed by atoms with Gasteiger partial charge >= 0.3 is 0 Å². The highest BCUT2D eigenvalue weighted by Crippen LogP contribution is 2.24. The van der Waals surface area contributed by atoms with Crippen molar-refractivity contribution in [3.05, 3.63) is 59.0 Å². The number of furan rings is 1. The van der Waals surface area contributed by atoms with Crippen LogP contribution in [-0.4, -0.2) is 24.2 Å². The molecule has 0 fully saturated rings. The van der Waals surface area contributed by atoms with Gasteiger partial charge in [-0.3, -0.25) is 4.99 Å². The van der Waals surface area contributed by atoms with Crippen LogP contribution in [0.5, 0.6) is 0 Å². The van der Waals surface area contributed by atoms with Crippen LogP contribution in [0.4, 0.5) is 0 Å². The van der Waals surface area contributed by atoms with Gasteiger partial charge in [-0.05, 0) is 68.4 Å². The SMILES string of the molecule is CCNC(=NCC(O)c1ccco1)NC(C)c1ccc2c(c1)CCCC2. The molecule has 1 aromatic heterocycles. The van der Waals surface area contributed by atoms with Gasteiger partial charge in [0.25, 0.3) is 0 Å². The maximum atomic E-state index is 10.2. The summed E-state index contributed by atoms with van der Waals surface area (Å²) >= 11 is 0. The molecule has 0 amide bonds. The molecule has 0 aliphatic heterocycles. The molecule has 0 radical (unpaired) electrons. The van der Waals surface area contributed by atoms with Crippen molar-refractivity contribution >= 4 is 5.96 Å². The minimum absolute atomic E-state index is 0.140. The highest BCUT2D eigenvalue weighted by molar-refractivity contribution is 5.80. The molecule has 26 heavy (non-hydrogen) atoms. The summed E-state index contributed by atoms with van der Waals surface area (Å²) < 4.78 is 5.23. The second-order valence-electron chi connectivity index (χ2n) is 6.85. The number of hydrogen-bond acceptors (Lipinski definition) is 3. The average Bonchev–Trinajstić information content (AvgIpc) is 3.20. The zero-order chi connectivity index (χ0) is 18.4. The van der Waals surface area contributed by atoms with Crippen molar-refractivity contribution in [3.8, 4) is 0 Å². The van der Waals surface area contributed by atoms with E-state index >= 15 is 0 Å². The molecule has 0 bridgehead atoms. The fourth-order valence-electron chi connectivity index (χ4n) is 3.38. The van der Waals surface area contributed by atoms with Crippen LogP contribution in [0, 0.1) is 0 Å². The van der Waals surface area contributed by atoms with Crippen LogP contribution in [0.3, 0.4) is 0 Å². The molecular weight excluding hydrogens is 326 g/mol. The Balaban J connectivity index is 1.65. The topological polar surface area (TPSA) is 69.8 Å². The first-order valence-electron chi connectivity index (χ1n) is 9.55. The number of fused-ring (bicyclic) bond motifs is 1. The number of aliphatic imine (C=N–C) groups is 1. The van der Waals surface area contributed by atoms with Gasteiger partial charge in [0.15, 0.2) is 5.96 Å². The number of aliphatic hydroxyl groups excluding tert-OH is 1. The summed E-state index contributed by atoms with van der Waals surface area (Å²) in [5.74, 6) is 1.23. The molecule has 0 saturated carbocycles. The highest BCUT2D eigenvalue weighted by Gasteiger charge is 2.14. The summed E-state index contributed by atoms with van der Waals surface area (Å²) in [5, 5.41) is 16.8. The summed E-state index contributed by atoms with van der Waals surface area (Å²) in [5.41, 5.74) is 4.25. The van der Waals surface area contributed by atoms with Crippen LogP contribution >= 0.6 is 0 Å². The van der Waals surface area contributed by atoms with Crippen LogP contribution < -0.4 is 10.6 Å². The molecule has 1 aliphatic rings. The van der Waals surface area contributed by atoms with E-state index in [0.29, 0.717) is 11.7 Å². The molecule has 2 atom stereocenters. The Kier molecular flexibility index (Phi) is 6.34. The Bertz CT molecular complexity index is 725. The van der Waals surface area contributed by atoms with Crippen LogP contribution in [0.2, 0.25) is 0 Å². The second kappa shape index (κ2) is 8.90. The molecule has 0 spiro atoms. The second-order valence-corrected chi connectivity index (χ2v) is 6.85. The van der Waals surface area contributed by atoms with E-state index < -0.39 is 6.10 Å². The average molecular weight is 355 g/mol. The van der Waals surface area contributed by atoms with Crippen LogP contribution in [0.15, 0.2) is 46.0 Å². The summed E-state index contributed by atoms with van der Waals surface area (Å²) in [6.45, 7) is 5.18. The first-order chi connectivity index (χ1) is 12.7. The Morgan fingerprint density at radius 1 is 1.23 bits per heavy atom. The van der Waals surface area contributed by atoms with Crippen molar-refractivity contribution in [2.75, 3.05) is 13.1 Å². The Hall–Kier alpha value is -2.27. The van der Waals surface area contributed by atoms with Crippen LogP contribution in [0.1, 0.15) is 61.3 Å². The lowest BCUT2D eigenvalue weighted by Gasteiger charge is -2.22. The zero-order valence-corrected chi connectivity index (χ0v) is 15.7. The van der Waals surface area contributed by atoms with Crippen molar-refractivity contribution < 1.29 is 9.52 Å². The molecule has 140 valence electrons. The largest absolute Gasteiger partial charge is 0.467 e. The lowest BCUT2D eigenvalue weighted by atomic mass is 9.89. The van der Waals surface area contributed by atoms with Gasteiger partial charge in [-0.15, -0.1) is 0 Å². The van der Waals surface area contributed by atoms with Crippen molar-refractivity contribution in [2.45, 2.75) is 51.7 Å². The van der Waals surface area contributed by atoms with Gasteiger partial charge in [0, 0.05) is 6.54 Å². The number of aliphatic hydroxyl groups is 1. The predicted octanol–water partition coefficient (Wildman–Crippen LogP) is 3.51. The summed E-state index contributed by atoms with van der Waals surface area (Å²) in [6.07, 6.45) is 5.79. The standard InChI is InChI=1S/C21H29N3O2/c1-3-22-21(23-14-19(25)20-9-6-12-26-20)24-15(2)17-11-10-16-7-4-5-8-18(16)13-17/h6,9-13,15,19,25H,3-5,7-8,14H2,1-2H3,(H2,22,23,24). The molecule has 3 rings (SSSR count). The van der Waals surface area contributed by atoms with E-state index in [-0.39, 0.29) is 12.6 Å². The molecule has 2 aromatic rings. The molecule has 5 heteroatoms. The fourth-order valence-corrected chi connectivity index (χ4v) is 3.38. The van der Waals surface area contributed by atoms with E-state index in [4.69, 9.17) is 4.42 Å². The molecule has 5 nitrogen and oxygen atoms in total. The van der Waals surface area contributed by atoms with Crippen LogP contribution in [-0.2, 0) is 12.8 Å². The smallest absolute Gasteiger partial charge is 0.191 e. The molecule has 1 aliphatic carbocycles. The monoisotopic (exact) mass is 355 g/mol. The summed E-state index contributed by atoms with van der Waals surface area (Å²) in [4.78, 5) is 4.51. The van der Waals surface area contributed by atoms with Crippen molar-refractivity contribution in [3.63, 3.8) is 0 Å². The number of rotatable bonds is 6. The minimum atomic E-state index is -0.737. The highest BCUT2D eigenvalue weighted by atomic mass is 16.4. The maximum absolute atomic E-state index is 10.2. The summed E-state index contributed by atoms with van der Waals surface area (Å²) in [6, 6.07) is 10.5. The van der Waals surface area contributed by atoms with Gasteiger partial charge in [0.2, 0.25) is 0 Å². The predicted molar refractivity (Wildman–Crippen MR) is 104 cm³/mol.